The van der Waals surface area contributed by atoms with Gasteiger partial charge in [-0.05, 0) is 12.1 Å². The van der Waals surface area contributed by atoms with E-state index in [0.717, 1.165) is 4.31 Å². The van der Waals surface area contributed by atoms with Crippen LogP contribution in [0.2, 0.25) is 5.02 Å². The Hall–Kier alpha value is -1.31. The molecule has 6 nitrogen and oxygen atoms in total. The highest BCUT2D eigenvalue weighted by Gasteiger charge is 2.21. The summed E-state index contributed by atoms with van der Waals surface area (Å²) in [6.45, 7) is 0.125. The van der Waals surface area contributed by atoms with Gasteiger partial charge in [0.05, 0.1) is 5.02 Å². The van der Waals surface area contributed by atoms with Crippen LogP contribution in [0.5, 0.6) is 5.75 Å². The van der Waals surface area contributed by atoms with Crippen LogP contribution in [0.4, 0.5) is 0 Å². The van der Waals surface area contributed by atoms with Gasteiger partial charge in [-0.3, -0.25) is 4.79 Å². The van der Waals surface area contributed by atoms with Gasteiger partial charge in [0, 0.05) is 13.6 Å². The Bertz CT molecular complexity index is 546. The molecule has 1 aromatic rings. The highest BCUT2D eigenvalue weighted by molar-refractivity contribution is 7.89. The van der Waals surface area contributed by atoms with Gasteiger partial charge >= 0.3 is 5.97 Å². The van der Waals surface area contributed by atoms with Crippen molar-refractivity contribution < 1.29 is 23.1 Å². The number of sulfonamides is 1. The molecule has 106 valence electrons. The van der Waals surface area contributed by atoms with E-state index in [1.807, 2.05) is 0 Å². The van der Waals surface area contributed by atoms with Crippen molar-refractivity contribution in [3.63, 3.8) is 0 Å². The van der Waals surface area contributed by atoms with E-state index >= 15 is 0 Å². The first-order chi connectivity index (χ1) is 8.83. The number of aliphatic carboxylic acids is 1. The van der Waals surface area contributed by atoms with Crippen LogP contribution >= 0.6 is 11.6 Å². The summed E-state index contributed by atoms with van der Waals surface area (Å²) in [6.07, 6.45) is 0. The Balaban J connectivity index is 2.49. The Morgan fingerprint density at radius 3 is 2.63 bits per heavy atom. The lowest BCUT2D eigenvalue weighted by Crippen LogP contribution is -2.35. The monoisotopic (exact) mass is 307 g/mol. The highest BCUT2D eigenvalue weighted by atomic mass is 35.5. The molecular weight excluding hydrogens is 294 g/mol. The molecule has 0 amide bonds. The molecule has 0 heterocycles. The van der Waals surface area contributed by atoms with Crippen molar-refractivity contribution in [2.75, 3.05) is 26.0 Å². The summed E-state index contributed by atoms with van der Waals surface area (Å²) in [5.74, 6) is -1.87. The first-order valence-corrected chi connectivity index (χ1v) is 7.35. The number of likely N-dealkylation sites (N-methyl/N-ethyl adjacent to an activating group) is 1. The van der Waals surface area contributed by atoms with Crippen molar-refractivity contribution in [3.8, 4) is 5.75 Å². The molecule has 19 heavy (non-hydrogen) atoms. The number of carboxylic acid groups (broad SMARTS) is 1. The highest BCUT2D eigenvalue weighted by Crippen LogP contribution is 2.22. The Kier molecular flexibility index (Phi) is 5.59. The van der Waals surface area contributed by atoms with Crippen LogP contribution in [0.3, 0.4) is 0 Å². The van der Waals surface area contributed by atoms with Crippen LogP contribution in [0.25, 0.3) is 0 Å². The summed E-state index contributed by atoms with van der Waals surface area (Å²) in [7, 11) is -2.50. The first-order valence-electron chi connectivity index (χ1n) is 5.36. The average molecular weight is 308 g/mol. The van der Waals surface area contributed by atoms with Crippen molar-refractivity contribution in [1.82, 2.24) is 4.31 Å². The van der Waals surface area contributed by atoms with E-state index in [2.05, 4.69) is 0 Å². The molecule has 0 aliphatic heterocycles. The van der Waals surface area contributed by atoms with Crippen LogP contribution in [-0.4, -0.2) is 49.8 Å². The Labute approximate surface area is 116 Å². The first kappa shape index (κ1) is 15.7. The fourth-order valence-electron chi connectivity index (χ4n) is 1.25. The van der Waals surface area contributed by atoms with Crippen molar-refractivity contribution >= 4 is 27.6 Å². The molecule has 0 radical (unpaired) electrons. The van der Waals surface area contributed by atoms with E-state index in [4.69, 9.17) is 21.4 Å². The van der Waals surface area contributed by atoms with Crippen molar-refractivity contribution in [2.24, 2.45) is 0 Å². The van der Waals surface area contributed by atoms with Crippen molar-refractivity contribution in [3.05, 3.63) is 29.3 Å². The molecule has 0 spiro atoms. The van der Waals surface area contributed by atoms with Crippen molar-refractivity contribution in [1.29, 1.82) is 0 Å². The fourth-order valence-corrected chi connectivity index (χ4v) is 2.33. The molecule has 0 aromatic heterocycles. The predicted molar refractivity (Wildman–Crippen MR) is 71.0 cm³/mol. The van der Waals surface area contributed by atoms with Crippen LogP contribution in [-0.2, 0) is 14.8 Å². The van der Waals surface area contributed by atoms with Gasteiger partial charge in [0.25, 0.3) is 0 Å². The molecule has 0 unspecified atom stereocenters. The third-order valence-electron chi connectivity index (χ3n) is 2.28. The zero-order chi connectivity index (χ0) is 14.5. The van der Waals surface area contributed by atoms with Gasteiger partial charge in [-0.15, -0.1) is 0 Å². The number of hydrogen-bond acceptors (Lipinski definition) is 4. The van der Waals surface area contributed by atoms with Crippen LogP contribution in [0.15, 0.2) is 24.3 Å². The molecule has 0 aliphatic rings. The van der Waals surface area contributed by atoms with E-state index in [1.165, 1.54) is 7.05 Å². The lowest BCUT2D eigenvalue weighted by molar-refractivity contribution is -0.134. The average Bonchev–Trinajstić information content (AvgIpc) is 2.29. The summed E-state index contributed by atoms with van der Waals surface area (Å²) in [6, 6.07) is 6.81. The predicted octanol–water partition coefficient (Wildman–Crippen LogP) is 1.06. The fraction of sp³-hybridized carbons (Fsp3) is 0.364. The van der Waals surface area contributed by atoms with E-state index in [1.54, 1.807) is 24.3 Å². The molecule has 0 saturated carbocycles. The smallest absolute Gasteiger partial charge is 0.320 e. The zero-order valence-electron chi connectivity index (χ0n) is 10.2. The maximum atomic E-state index is 11.5. The maximum Gasteiger partial charge on any atom is 0.320 e. The largest absolute Gasteiger partial charge is 0.491 e. The quantitative estimate of drug-likeness (QED) is 0.814. The van der Waals surface area contributed by atoms with Gasteiger partial charge in [-0.2, -0.15) is 0 Å². The number of carbonyl (C=O) groups is 1. The summed E-state index contributed by atoms with van der Waals surface area (Å²) in [5, 5.41) is 8.91. The molecule has 0 aliphatic carbocycles. The SMILES string of the molecule is CN(CCOc1ccccc1Cl)S(=O)(=O)CC(=O)O. The van der Waals surface area contributed by atoms with Crippen LogP contribution in [0, 0.1) is 0 Å². The standard InChI is InChI=1S/C11H14ClNO5S/c1-13(19(16,17)8-11(14)15)6-7-18-10-5-3-2-4-9(10)12/h2-5H,6-8H2,1H3,(H,14,15). The number of benzene rings is 1. The lowest BCUT2D eigenvalue weighted by atomic mass is 10.3. The van der Waals surface area contributed by atoms with Gasteiger partial charge in [0.15, 0.2) is 5.75 Å². The zero-order valence-corrected chi connectivity index (χ0v) is 11.8. The summed E-state index contributed by atoms with van der Waals surface area (Å²) < 4.78 is 29.3. The lowest BCUT2D eigenvalue weighted by Gasteiger charge is -2.16. The normalized spacial score (nSPS) is 11.5. The number of para-hydroxylation sites is 1. The number of halogens is 1. The molecule has 0 fully saturated rings. The number of nitrogens with zero attached hydrogens (tertiary/aromatic N) is 1. The van der Waals surface area contributed by atoms with E-state index in [0.29, 0.717) is 10.8 Å². The summed E-state index contributed by atoms with van der Waals surface area (Å²) in [4.78, 5) is 10.4. The summed E-state index contributed by atoms with van der Waals surface area (Å²) in [5.41, 5.74) is 0. The van der Waals surface area contributed by atoms with Crippen LogP contribution in [0.1, 0.15) is 0 Å². The molecular formula is C11H14ClNO5S. The number of ether oxygens (including phenoxy) is 1. The second kappa shape index (κ2) is 6.74. The molecule has 0 bridgehead atoms. The molecule has 0 atom stereocenters. The summed E-state index contributed by atoms with van der Waals surface area (Å²) >= 11 is 5.86. The van der Waals surface area contributed by atoms with E-state index < -0.39 is 21.7 Å². The molecule has 1 rings (SSSR count). The number of hydrogen-bond donors (Lipinski definition) is 1. The minimum absolute atomic E-state index is 0.0425. The van der Waals surface area contributed by atoms with E-state index in [-0.39, 0.29) is 13.2 Å². The van der Waals surface area contributed by atoms with Gasteiger partial charge < -0.3 is 9.84 Å². The number of carboxylic acids is 1. The van der Waals surface area contributed by atoms with Gasteiger partial charge in [-0.25, -0.2) is 12.7 Å². The minimum atomic E-state index is -3.80. The Morgan fingerprint density at radius 2 is 2.05 bits per heavy atom. The third-order valence-corrected chi connectivity index (χ3v) is 4.34. The third kappa shape index (κ3) is 5.06. The van der Waals surface area contributed by atoms with Crippen LogP contribution < -0.4 is 4.74 Å². The molecule has 0 saturated heterocycles. The molecule has 1 aromatic carbocycles. The number of rotatable bonds is 7. The molecule has 8 heteroatoms. The Morgan fingerprint density at radius 1 is 1.42 bits per heavy atom. The van der Waals surface area contributed by atoms with Gasteiger partial charge in [-0.1, -0.05) is 23.7 Å². The molecule has 1 N–H and O–H groups in total. The second-order valence-electron chi connectivity index (χ2n) is 3.75. The minimum Gasteiger partial charge on any atom is -0.491 e. The van der Waals surface area contributed by atoms with Gasteiger partial charge in [0.2, 0.25) is 10.0 Å². The maximum absolute atomic E-state index is 11.5. The van der Waals surface area contributed by atoms with Gasteiger partial charge in [0.1, 0.15) is 12.4 Å². The van der Waals surface area contributed by atoms with E-state index in [9.17, 15) is 13.2 Å². The van der Waals surface area contributed by atoms with Crippen molar-refractivity contribution in [2.45, 2.75) is 0 Å². The topological polar surface area (TPSA) is 83.9 Å². The second-order valence-corrected chi connectivity index (χ2v) is 6.23.